The van der Waals surface area contributed by atoms with Crippen molar-refractivity contribution in [3.63, 3.8) is 0 Å². The first-order chi connectivity index (χ1) is 5.24. The molecule has 3 N–H and O–H groups in total. The highest BCUT2D eigenvalue weighted by Gasteiger charge is 2.00. The van der Waals surface area contributed by atoms with Crippen LogP contribution in [0.15, 0.2) is 24.3 Å². The standard InChI is InChI=1S/C7H7BNO2/c9-7(10)5-2-1-3-6(4-5)8-11/h1-4,11H,(H2,9,10). The summed E-state index contributed by atoms with van der Waals surface area (Å²) in [5.74, 6) is -0.492. The lowest BCUT2D eigenvalue weighted by atomic mass is 9.88. The molecule has 11 heavy (non-hydrogen) atoms. The SMILES string of the molecule is NC(=O)c1cccc([B]O)c1. The van der Waals surface area contributed by atoms with E-state index < -0.39 is 5.91 Å². The molecule has 0 aliphatic carbocycles. The summed E-state index contributed by atoms with van der Waals surface area (Å²) in [6, 6.07) is 6.44. The minimum atomic E-state index is -0.492. The molecule has 1 radical (unpaired) electrons. The van der Waals surface area contributed by atoms with E-state index in [-0.39, 0.29) is 0 Å². The predicted octanol–water partition coefficient (Wildman–Crippen LogP) is -0.978. The van der Waals surface area contributed by atoms with Crippen molar-refractivity contribution in [1.82, 2.24) is 0 Å². The Morgan fingerprint density at radius 2 is 2.27 bits per heavy atom. The van der Waals surface area contributed by atoms with E-state index in [0.717, 1.165) is 7.48 Å². The topological polar surface area (TPSA) is 63.3 Å². The van der Waals surface area contributed by atoms with Gasteiger partial charge in [-0.1, -0.05) is 23.7 Å². The second-order valence-corrected chi connectivity index (χ2v) is 2.12. The third-order valence-electron chi connectivity index (χ3n) is 1.32. The molecule has 55 valence electrons. The Kier molecular flexibility index (Phi) is 2.28. The van der Waals surface area contributed by atoms with Crippen LogP contribution < -0.4 is 11.2 Å². The Labute approximate surface area is 65.1 Å². The number of rotatable bonds is 2. The fourth-order valence-electron chi connectivity index (χ4n) is 0.772. The van der Waals surface area contributed by atoms with Crippen molar-refractivity contribution in [2.24, 2.45) is 5.73 Å². The molecule has 3 nitrogen and oxygen atoms in total. The van der Waals surface area contributed by atoms with E-state index in [1.165, 1.54) is 6.07 Å². The van der Waals surface area contributed by atoms with Gasteiger partial charge in [0.2, 0.25) is 5.91 Å². The van der Waals surface area contributed by atoms with Gasteiger partial charge >= 0.3 is 7.48 Å². The Hall–Kier alpha value is -1.29. The number of hydrogen-bond acceptors (Lipinski definition) is 2. The summed E-state index contributed by atoms with van der Waals surface area (Å²) in [5, 5.41) is 8.57. The van der Waals surface area contributed by atoms with Gasteiger partial charge in [0, 0.05) is 5.56 Å². The molecule has 0 fully saturated rings. The molecule has 0 aliphatic heterocycles. The van der Waals surface area contributed by atoms with Gasteiger partial charge in [-0.25, -0.2) is 0 Å². The number of carbonyl (C=O) groups excluding carboxylic acids is 1. The van der Waals surface area contributed by atoms with Crippen molar-refractivity contribution < 1.29 is 9.82 Å². The van der Waals surface area contributed by atoms with E-state index in [4.69, 9.17) is 10.8 Å². The van der Waals surface area contributed by atoms with Crippen LogP contribution in [0.25, 0.3) is 0 Å². The fourth-order valence-corrected chi connectivity index (χ4v) is 0.772. The highest BCUT2D eigenvalue weighted by molar-refractivity contribution is 6.45. The number of hydrogen-bond donors (Lipinski definition) is 2. The average molecular weight is 148 g/mol. The van der Waals surface area contributed by atoms with Crippen molar-refractivity contribution in [3.05, 3.63) is 29.8 Å². The minimum absolute atomic E-state index is 0.396. The van der Waals surface area contributed by atoms with Gasteiger partial charge < -0.3 is 10.8 Å². The lowest BCUT2D eigenvalue weighted by molar-refractivity contribution is 0.100. The van der Waals surface area contributed by atoms with Crippen molar-refractivity contribution >= 4 is 18.9 Å². The molecule has 0 atom stereocenters. The lowest BCUT2D eigenvalue weighted by Crippen LogP contribution is -2.18. The molecular formula is C7H7BNO2. The smallest absolute Gasteiger partial charge is 0.326 e. The molecule has 0 unspecified atom stereocenters. The van der Waals surface area contributed by atoms with Crippen LogP contribution in [-0.2, 0) is 0 Å². The molecule has 1 rings (SSSR count). The first-order valence-corrected chi connectivity index (χ1v) is 3.11. The first-order valence-electron chi connectivity index (χ1n) is 3.11. The highest BCUT2D eigenvalue weighted by Crippen LogP contribution is 1.93. The molecule has 0 aromatic heterocycles. The van der Waals surface area contributed by atoms with Gasteiger partial charge in [-0.2, -0.15) is 0 Å². The Morgan fingerprint density at radius 1 is 1.55 bits per heavy atom. The molecule has 0 heterocycles. The van der Waals surface area contributed by atoms with E-state index in [9.17, 15) is 4.79 Å². The van der Waals surface area contributed by atoms with Gasteiger partial charge in [-0.15, -0.1) is 0 Å². The maximum Gasteiger partial charge on any atom is 0.326 e. The average Bonchev–Trinajstić information content (AvgIpc) is 2.05. The van der Waals surface area contributed by atoms with E-state index >= 15 is 0 Å². The molecular weight excluding hydrogens is 141 g/mol. The number of amides is 1. The summed E-state index contributed by atoms with van der Waals surface area (Å²) >= 11 is 0. The van der Waals surface area contributed by atoms with E-state index in [2.05, 4.69) is 0 Å². The molecule has 1 amide bonds. The maximum absolute atomic E-state index is 10.6. The second kappa shape index (κ2) is 3.21. The lowest BCUT2D eigenvalue weighted by Gasteiger charge is -1.96. The van der Waals surface area contributed by atoms with E-state index in [0.29, 0.717) is 11.0 Å². The van der Waals surface area contributed by atoms with Gasteiger partial charge in [-0.3, -0.25) is 4.79 Å². The zero-order chi connectivity index (χ0) is 8.27. The van der Waals surface area contributed by atoms with Crippen LogP contribution in [-0.4, -0.2) is 18.4 Å². The molecule has 0 saturated carbocycles. The minimum Gasteiger partial charge on any atom is -0.450 e. The van der Waals surface area contributed by atoms with Crippen molar-refractivity contribution in [3.8, 4) is 0 Å². The van der Waals surface area contributed by atoms with Crippen LogP contribution in [0.5, 0.6) is 0 Å². The van der Waals surface area contributed by atoms with Crippen LogP contribution >= 0.6 is 0 Å². The molecule has 1 aromatic rings. The zero-order valence-corrected chi connectivity index (χ0v) is 5.82. The molecule has 0 aliphatic rings. The summed E-state index contributed by atoms with van der Waals surface area (Å²) < 4.78 is 0. The van der Waals surface area contributed by atoms with Gasteiger partial charge in [0.05, 0.1) is 0 Å². The highest BCUT2D eigenvalue weighted by atomic mass is 16.2. The maximum atomic E-state index is 10.6. The van der Waals surface area contributed by atoms with Crippen LogP contribution in [0.3, 0.4) is 0 Å². The summed E-state index contributed by atoms with van der Waals surface area (Å²) in [7, 11) is 0.923. The monoisotopic (exact) mass is 148 g/mol. The third-order valence-corrected chi connectivity index (χ3v) is 1.32. The third kappa shape index (κ3) is 1.81. The molecule has 0 spiro atoms. The molecule has 1 aromatic carbocycles. The first kappa shape index (κ1) is 7.82. The fraction of sp³-hybridized carbons (Fsp3) is 0. The van der Waals surface area contributed by atoms with Crippen molar-refractivity contribution in [2.45, 2.75) is 0 Å². The quantitative estimate of drug-likeness (QED) is 0.529. The number of nitrogens with two attached hydrogens (primary N) is 1. The Morgan fingerprint density at radius 3 is 2.82 bits per heavy atom. The normalized spacial score (nSPS) is 9.18. The van der Waals surface area contributed by atoms with E-state index in [1.807, 2.05) is 0 Å². The number of primary amides is 1. The number of carbonyl (C=O) groups is 1. The molecule has 4 heteroatoms. The molecule has 0 bridgehead atoms. The van der Waals surface area contributed by atoms with Crippen LogP contribution in [0.1, 0.15) is 10.4 Å². The van der Waals surface area contributed by atoms with Crippen LogP contribution in [0.4, 0.5) is 0 Å². The van der Waals surface area contributed by atoms with Gasteiger partial charge in [0.1, 0.15) is 0 Å². The number of benzene rings is 1. The van der Waals surface area contributed by atoms with Crippen LogP contribution in [0.2, 0.25) is 0 Å². The largest absolute Gasteiger partial charge is 0.450 e. The summed E-state index contributed by atoms with van der Waals surface area (Å²) in [6.07, 6.45) is 0. The zero-order valence-electron chi connectivity index (χ0n) is 5.82. The van der Waals surface area contributed by atoms with Crippen molar-refractivity contribution in [2.75, 3.05) is 0 Å². The van der Waals surface area contributed by atoms with Gasteiger partial charge in [0.25, 0.3) is 0 Å². The summed E-state index contributed by atoms with van der Waals surface area (Å²) in [4.78, 5) is 10.6. The Bertz CT molecular complexity index is 275. The van der Waals surface area contributed by atoms with Gasteiger partial charge in [-0.05, 0) is 6.07 Å². The van der Waals surface area contributed by atoms with E-state index in [1.54, 1.807) is 18.2 Å². The van der Waals surface area contributed by atoms with Crippen molar-refractivity contribution in [1.29, 1.82) is 0 Å². The molecule has 0 saturated heterocycles. The van der Waals surface area contributed by atoms with Crippen LogP contribution in [0, 0.1) is 0 Å². The predicted molar refractivity (Wildman–Crippen MR) is 42.6 cm³/mol. The van der Waals surface area contributed by atoms with Gasteiger partial charge in [0.15, 0.2) is 0 Å². The Balaban J connectivity index is 3.01. The second-order valence-electron chi connectivity index (χ2n) is 2.12. The summed E-state index contributed by atoms with van der Waals surface area (Å²) in [6.45, 7) is 0. The summed E-state index contributed by atoms with van der Waals surface area (Å²) in [5.41, 5.74) is 5.97.